The van der Waals surface area contributed by atoms with Gasteiger partial charge in [0.25, 0.3) is 0 Å². The smallest absolute Gasteiger partial charge is 0.230 e. The van der Waals surface area contributed by atoms with Crippen LogP contribution in [0.5, 0.6) is 0 Å². The van der Waals surface area contributed by atoms with Crippen molar-refractivity contribution in [1.82, 2.24) is 0 Å². The average molecular weight is 247 g/mol. The van der Waals surface area contributed by atoms with E-state index in [1.165, 1.54) is 0 Å². The standard InChI is InChI=1S/C14H17NO3/c1-2-13-12(6-7-18-13)14(17)15-11-5-3-4-10(8-11)9-16/h3-5,8-9,12-13H,2,6-7H2,1H3,(H,15,17). The molecular formula is C14H17NO3. The van der Waals surface area contributed by atoms with Gasteiger partial charge in [0.15, 0.2) is 0 Å². The fourth-order valence-electron chi connectivity index (χ4n) is 2.28. The number of carbonyl (C=O) groups is 2. The van der Waals surface area contributed by atoms with Gasteiger partial charge in [-0.2, -0.15) is 0 Å². The normalized spacial score (nSPS) is 22.7. The lowest BCUT2D eigenvalue weighted by molar-refractivity contribution is -0.121. The Morgan fingerprint density at radius 1 is 1.56 bits per heavy atom. The van der Waals surface area contributed by atoms with Crippen molar-refractivity contribution < 1.29 is 14.3 Å². The Morgan fingerprint density at radius 2 is 2.39 bits per heavy atom. The van der Waals surface area contributed by atoms with Crippen molar-refractivity contribution in [1.29, 1.82) is 0 Å². The molecule has 1 saturated heterocycles. The van der Waals surface area contributed by atoms with Gasteiger partial charge in [-0.25, -0.2) is 0 Å². The average Bonchev–Trinajstić information content (AvgIpc) is 2.87. The number of nitrogens with one attached hydrogen (secondary N) is 1. The highest BCUT2D eigenvalue weighted by molar-refractivity contribution is 5.94. The topological polar surface area (TPSA) is 55.4 Å². The number of aldehydes is 1. The van der Waals surface area contributed by atoms with Crippen molar-refractivity contribution in [2.24, 2.45) is 5.92 Å². The summed E-state index contributed by atoms with van der Waals surface area (Å²) in [5.74, 6) is -0.114. The number of anilines is 1. The lowest BCUT2D eigenvalue weighted by Crippen LogP contribution is -2.29. The fraction of sp³-hybridized carbons (Fsp3) is 0.429. The van der Waals surface area contributed by atoms with Crippen molar-refractivity contribution in [3.63, 3.8) is 0 Å². The first-order valence-electron chi connectivity index (χ1n) is 6.22. The molecule has 1 fully saturated rings. The van der Waals surface area contributed by atoms with Crippen LogP contribution in [0.15, 0.2) is 24.3 Å². The minimum Gasteiger partial charge on any atom is -0.377 e. The van der Waals surface area contributed by atoms with Crippen LogP contribution in [-0.2, 0) is 9.53 Å². The molecule has 2 rings (SSSR count). The molecule has 0 saturated carbocycles. The highest BCUT2D eigenvalue weighted by Crippen LogP contribution is 2.25. The van der Waals surface area contributed by atoms with E-state index in [0.717, 1.165) is 19.1 Å². The number of amides is 1. The second-order valence-electron chi connectivity index (χ2n) is 4.45. The van der Waals surface area contributed by atoms with Crippen LogP contribution in [0.1, 0.15) is 30.1 Å². The molecule has 4 nitrogen and oxygen atoms in total. The van der Waals surface area contributed by atoms with E-state index < -0.39 is 0 Å². The number of hydrogen-bond acceptors (Lipinski definition) is 3. The van der Waals surface area contributed by atoms with E-state index in [1.54, 1.807) is 24.3 Å². The Bertz CT molecular complexity index is 444. The van der Waals surface area contributed by atoms with Crippen molar-refractivity contribution in [2.75, 3.05) is 11.9 Å². The first-order chi connectivity index (χ1) is 8.74. The molecule has 0 aromatic heterocycles. The largest absolute Gasteiger partial charge is 0.377 e. The molecule has 18 heavy (non-hydrogen) atoms. The van der Waals surface area contributed by atoms with Gasteiger partial charge in [0, 0.05) is 17.9 Å². The SMILES string of the molecule is CCC1OCCC1C(=O)Nc1cccc(C=O)c1. The van der Waals surface area contributed by atoms with E-state index >= 15 is 0 Å². The zero-order chi connectivity index (χ0) is 13.0. The summed E-state index contributed by atoms with van der Waals surface area (Å²) in [4.78, 5) is 22.8. The molecule has 1 aliphatic heterocycles. The van der Waals surface area contributed by atoms with Crippen molar-refractivity contribution in [2.45, 2.75) is 25.9 Å². The fourth-order valence-corrected chi connectivity index (χ4v) is 2.28. The molecule has 1 aromatic carbocycles. The van der Waals surface area contributed by atoms with Crippen LogP contribution in [0.3, 0.4) is 0 Å². The predicted octanol–water partition coefficient (Wildman–Crippen LogP) is 2.25. The Hall–Kier alpha value is -1.68. The van der Waals surface area contributed by atoms with Crippen LogP contribution >= 0.6 is 0 Å². The Labute approximate surface area is 106 Å². The monoisotopic (exact) mass is 247 g/mol. The van der Waals surface area contributed by atoms with Crippen molar-refractivity contribution in [3.05, 3.63) is 29.8 Å². The zero-order valence-electron chi connectivity index (χ0n) is 10.4. The van der Waals surface area contributed by atoms with Gasteiger partial charge in [-0.3, -0.25) is 9.59 Å². The highest BCUT2D eigenvalue weighted by Gasteiger charge is 2.32. The van der Waals surface area contributed by atoms with Gasteiger partial charge in [-0.05, 0) is 25.0 Å². The molecular weight excluding hydrogens is 230 g/mol. The molecule has 4 heteroatoms. The summed E-state index contributed by atoms with van der Waals surface area (Å²) < 4.78 is 5.50. The van der Waals surface area contributed by atoms with Crippen LogP contribution in [0.2, 0.25) is 0 Å². The third-order valence-corrected chi connectivity index (χ3v) is 3.24. The molecule has 2 atom stereocenters. The summed E-state index contributed by atoms with van der Waals surface area (Å²) >= 11 is 0. The minimum absolute atomic E-state index is 0.0132. The van der Waals surface area contributed by atoms with Crippen molar-refractivity contribution in [3.8, 4) is 0 Å². The number of rotatable bonds is 4. The van der Waals surface area contributed by atoms with Gasteiger partial charge >= 0.3 is 0 Å². The second-order valence-corrected chi connectivity index (χ2v) is 4.45. The Kier molecular flexibility index (Phi) is 4.10. The van der Waals surface area contributed by atoms with Crippen LogP contribution in [0.4, 0.5) is 5.69 Å². The van der Waals surface area contributed by atoms with Crippen molar-refractivity contribution >= 4 is 17.9 Å². The van der Waals surface area contributed by atoms with E-state index in [0.29, 0.717) is 17.9 Å². The summed E-state index contributed by atoms with van der Waals surface area (Å²) in [7, 11) is 0. The van der Waals surface area contributed by atoms with E-state index in [1.807, 2.05) is 6.92 Å². The van der Waals surface area contributed by atoms with Gasteiger partial charge in [-0.1, -0.05) is 19.1 Å². The maximum Gasteiger partial charge on any atom is 0.230 e. The molecule has 96 valence electrons. The summed E-state index contributed by atoms with van der Waals surface area (Å²) in [6.45, 7) is 2.66. The Balaban J connectivity index is 2.04. The number of hydrogen-bond donors (Lipinski definition) is 1. The quantitative estimate of drug-likeness (QED) is 0.830. The maximum absolute atomic E-state index is 12.1. The van der Waals surface area contributed by atoms with Gasteiger partial charge < -0.3 is 10.1 Å². The predicted molar refractivity (Wildman–Crippen MR) is 68.6 cm³/mol. The van der Waals surface area contributed by atoms with Gasteiger partial charge in [-0.15, -0.1) is 0 Å². The molecule has 1 N–H and O–H groups in total. The molecule has 0 spiro atoms. The lowest BCUT2D eigenvalue weighted by Gasteiger charge is -2.16. The van der Waals surface area contributed by atoms with E-state index in [4.69, 9.17) is 4.74 Å². The number of benzene rings is 1. The van der Waals surface area contributed by atoms with E-state index in [9.17, 15) is 9.59 Å². The lowest BCUT2D eigenvalue weighted by atomic mass is 9.98. The molecule has 0 aliphatic carbocycles. The molecule has 0 bridgehead atoms. The summed E-state index contributed by atoms with van der Waals surface area (Å²) in [5.41, 5.74) is 1.22. The second kappa shape index (κ2) is 5.78. The minimum atomic E-state index is -0.0881. The zero-order valence-corrected chi connectivity index (χ0v) is 10.4. The Morgan fingerprint density at radius 3 is 3.11 bits per heavy atom. The molecule has 0 radical (unpaired) electrons. The number of ether oxygens (including phenoxy) is 1. The summed E-state index contributed by atoms with van der Waals surface area (Å²) in [6.07, 6.45) is 2.38. The van der Waals surface area contributed by atoms with E-state index in [2.05, 4.69) is 5.32 Å². The first-order valence-corrected chi connectivity index (χ1v) is 6.22. The van der Waals surface area contributed by atoms with Gasteiger partial charge in [0.1, 0.15) is 6.29 Å². The molecule has 2 unspecified atom stereocenters. The highest BCUT2D eigenvalue weighted by atomic mass is 16.5. The molecule has 1 amide bonds. The molecule has 1 aromatic rings. The molecule has 1 aliphatic rings. The van der Waals surface area contributed by atoms with Crippen LogP contribution in [0.25, 0.3) is 0 Å². The summed E-state index contributed by atoms with van der Waals surface area (Å²) in [5, 5.41) is 2.85. The van der Waals surface area contributed by atoms with Crippen LogP contribution in [0, 0.1) is 5.92 Å². The van der Waals surface area contributed by atoms with Gasteiger partial charge in [0.05, 0.1) is 12.0 Å². The first kappa shape index (κ1) is 12.8. The molecule has 1 heterocycles. The number of carbonyl (C=O) groups excluding carboxylic acids is 2. The van der Waals surface area contributed by atoms with Crippen LogP contribution in [-0.4, -0.2) is 24.9 Å². The van der Waals surface area contributed by atoms with Crippen LogP contribution < -0.4 is 5.32 Å². The van der Waals surface area contributed by atoms with Gasteiger partial charge in [0.2, 0.25) is 5.91 Å². The third-order valence-electron chi connectivity index (χ3n) is 3.24. The maximum atomic E-state index is 12.1. The van der Waals surface area contributed by atoms with E-state index in [-0.39, 0.29) is 17.9 Å². The third kappa shape index (κ3) is 2.76. The summed E-state index contributed by atoms with van der Waals surface area (Å²) in [6, 6.07) is 6.90.